The monoisotopic (exact) mass is 223 g/mol. The molecule has 0 saturated carbocycles. The van der Waals surface area contributed by atoms with Crippen LogP contribution in [0.3, 0.4) is 0 Å². The van der Waals surface area contributed by atoms with E-state index in [-0.39, 0.29) is 5.82 Å². The lowest BCUT2D eigenvalue weighted by molar-refractivity contribution is 0.112. The first-order valence-corrected chi connectivity index (χ1v) is 5.61. The number of anilines is 1. The van der Waals surface area contributed by atoms with Crippen LogP contribution in [0.15, 0.2) is 18.2 Å². The van der Waals surface area contributed by atoms with E-state index in [1.165, 1.54) is 12.1 Å². The van der Waals surface area contributed by atoms with Crippen LogP contribution >= 0.6 is 0 Å². The van der Waals surface area contributed by atoms with Crippen LogP contribution in [0.2, 0.25) is 0 Å². The molecule has 0 saturated heterocycles. The van der Waals surface area contributed by atoms with Gasteiger partial charge in [0.15, 0.2) is 0 Å². The Morgan fingerprint density at radius 2 is 1.94 bits per heavy atom. The molecular weight excluding hydrogens is 205 g/mol. The number of hydrogen-bond donors (Lipinski definition) is 0. The minimum Gasteiger partial charge on any atom is -0.372 e. The molecule has 1 aromatic rings. The maximum atomic E-state index is 13.3. The van der Waals surface area contributed by atoms with Gasteiger partial charge in [0.2, 0.25) is 0 Å². The van der Waals surface area contributed by atoms with Crippen LogP contribution in [-0.4, -0.2) is 19.4 Å². The summed E-state index contributed by atoms with van der Waals surface area (Å²) in [7, 11) is 1.93. The van der Waals surface area contributed by atoms with Gasteiger partial charge < -0.3 is 4.90 Å². The van der Waals surface area contributed by atoms with Crippen molar-refractivity contribution in [2.24, 2.45) is 0 Å². The topological polar surface area (TPSA) is 20.3 Å². The van der Waals surface area contributed by atoms with E-state index in [1.807, 2.05) is 11.9 Å². The molecule has 2 nitrogen and oxygen atoms in total. The maximum absolute atomic E-state index is 13.3. The summed E-state index contributed by atoms with van der Waals surface area (Å²) in [5.41, 5.74) is 1.14. The van der Waals surface area contributed by atoms with E-state index >= 15 is 0 Å². The highest BCUT2D eigenvalue weighted by Crippen LogP contribution is 2.21. The van der Waals surface area contributed by atoms with Gasteiger partial charge in [0.05, 0.1) is 0 Å². The molecule has 0 unspecified atom stereocenters. The Hall–Kier alpha value is -1.38. The average molecular weight is 223 g/mol. The molecule has 0 aromatic heterocycles. The SMILES string of the molecule is CCC(CC)N(C)c1cc(F)cc(C=O)c1. The quantitative estimate of drug-likeness (QED) is 0.714. The molecule has 0 atom stereocenters. The molecule has 88 valence electrons. The summed E-state index contributed by atoms with van der Waals surface area (Å²) in [5.74, 6) is -0.364. The largest absolute Gasteiger partial charge is 0.372 e. The van der Waals surface area contributed by atoms with Crippen molar-refractivity contribution in [3.63, 3.8) is 0 Å². The second-order valence-corrected chi connectivity index (χ2v) is 3.94. The average Bonchev–Trinajstić information content (AvgIpc) is 2.29. The van der Waals surface area contributed by atoms with Crippen molar-refractivity contribution < 1.29 is 9.18 Å². The zero-order valence-corrected chi connectivity index (χ0v) is 10.0. The number of rotatable bonds is 5. The number of aldehydes is 1. The van der Waals surface area contributed by atoms with Crippen molar-refractivity contribution in [1.82, 2.24) is 0 Å². The minimum atomic E-state index is -0.364. The summed E-state index contributed by atoms with van der Waals surface area (Å²) in [6.45, 7) is 4.20. The molecule has 1 rings (SSSR count). The zero-order valence-electron chi connectivity index (χ0n) is 10.0. The van der Waals surface area contributed by atoms with E-state index in [4.69, 9.17) is 0 Å². The number of hydrogen-bond acceptors (Lipinski definition) is 2. The lowest BCUT2D eigenvalue weighted by Gasteiger charge is -2.28. The minimum absolute atomic E-state index is 0.364. The summed E-state index contributed by atoms with van der Waals surface area (Å²) in [6, 6.07) is 4.80. The lowest BCUT2D eigenvalue weighted by atomic mass is 10.1. The van der Waals surface area contributed by atoms with Crippen molar-refractivity contribution >= 4 is 12.0 Å². The highest BCUT2D eigenvalue weighted by atomic mass is 19.1. The van der Waals surface area contributed by atoms with E-state index in [2.05, 4.69) is 13.8 Å². The van der Waals surface area contributed by atoms with Crippen molar-refractivity contribution in [3.8, 4) is 0 Å². The molecule has 0 amide bonds. The Morgan fingerprint density at radius 1 is 1.31 bits per heavy atom. The normalized spacial score (nSPS) is 10.6. The zero-order chi connectivity index (χ0) is 12.1. The summed E-state index contributed by atoms with van der Waals surface area (Å²) >= 11 is 0. The second-order valence-electron chi connectivity index (χ2n) is 3.94. The number of carbonyl (C=O) groups is 1. The molecule has 3 heteroatoms. The third-order valence-electron chi connectivity index (χ3n) is 2.94. The Kier molecular flexibility index (Phi) is 4.47. The van der Waals surface area contributed by atoms with Crippen LogP contribution in [0.1, 0.15) is 37.0 Å². The standard InChI is InChI=1S/C13H18FNO/c1-4-12(5-2)15(3)13-7-10(9-16)6-11(14)8-13/h6-9,12H,4-5H2,1-3H3. The number of benzene rings is 1. The third-order valence-corrected chi connectivity index (χ3v) is 2.94. The summed E-state index contributed by atoms with van der Waals surface area (Å²) in [6.07, 6.45) is 2.67. The number of nitrogens with zero attached hydrogens (tertiary/aromatic N) is 1. The Balaban J connectivity index is 3.02. The van der Waals surface area contributed by atoms with Gasteiger partial charge in [-0.3, -0.25) is 4.79 Å². The van der Waals surface area contributed by atoms with E-state index < -0.39 is 0 Å². The smallest absolute Gasteiger partial charge is 0.150 e. The molecule has 0 heterocycles. The molecule has 0 N–H and O–H groups in total. The third kappa shape index (κ3) is 2.81. The van der Waals surface area contributed by atoms with E-state index in [0.717, 1.165) is 18.5 Å². The molecule has 0 bridgehead atoms. The molecule has 0 fully saturated rings. The van der Waals surface area contributed by atoms with Crippen LogP contribution in [0.4, 0.5) is 10.1 Å². The molecule has 0 spiro atoms. The number of halogens is 1. The fourth-order valence-corrected chi connectivity index (χ4v) is 1.92. The Labute approximate surface area is 96.1 Å². The predicted octanol–water partition coefficient (Wildman–Crippen LogP) is 3.26. The highest BCUT2D eigenvalue weighted by molar-refractivity contribution is 5.77. The first kappa shape index (κ1) is 12.7. The van der Waals surface area contributed by atoms with Crippen molar-refractivity contribution in [2.75, 3.05) is 11.9 Å². The second kappa shape index (κ2) is 5.64. The van der Waals surface area contributed by atoms with Gasteiger partial charge in [0.25, 0.3) is 0 Å². The van der Waals surface area contributed by atoms with E-state index in [1.54, 1.807) is 6.07 Å². The molecule has 0 aliphatic heterocycles. The molecule has 0 aliphatic rings. The fraction of sp³-hybridized carbons (Fsp3) is 0.462. The van der Waals surface area contributed by atoms with Gasteiger partial charge in [-0.05, 0) is 31.0 Å². The molecular formula is C13H18FNO. The Morgan fingerprint density at radius 3 is 2.44 bits per heavy atom. The first-order chi connectivity index (χ1) is 7.62. The van der Waals surface area contributed by atoms with Gasteiger partial charge >= 0.3 is 0 Å². The van der Waals surface area contributed by atoms with Gasteiger partial charge in [-0.2, -0.15) is 0 Å². The van der Waals surface area contributed by atoms with Crippen molar-refractivity contribution in [3.05, 3.63) is 29.6 Å². The molecule has 0 aliphatic carbocycles. The predicted molar refractivity (Wildman–Crippen MR) is 64.6 cm³/mol. The summed E-state index contributed by atoms with van der Waals surface area (Å²) < 4.78 is 13.3. The van der Waals surface area contributed by atoms with E-state index in [0.29, 0.717) is 17.9 Å². The Bertz CT molecular complexity index is 361. The van der Waals surface area contributed by atoms with Gasteiger partial charge in [0, 0.05) is 24.3 Å². The molecule has 1 aromatic carbocycles. The van der Waals surface area contributed by atoms with E-state index in [9.17, 15) is 9.18 Å². The van der Waals surface area contributed by atoms with Crippen LogP contribution in [0.25, 0.3) is 0 Å². The van der Waals surface area contributed by atoms with Crippen LogP contribution in [-0.2, 0) is 0 Å². The lowest BCUT2D eigenvalue weighted by Crippen LogP contribution is -2.30. The number of carbonyl (C=O) groups excluding carboxylic acids is 1. The summed E-state index contributed by atoms with van der Waals surface area (Å²) in [4.78, 5) is 12.7. The molecule has 0 radical (unpaired) electrons. The van der Waals surface area contributed by atoms with Crippen LogP contribution in [0, 0.1) is 5.82 Å². The van der Waals surface area contributed by atoms with Crippen molar-refractivity contribution in [2.45, 2.75) is 32.7 Å². The van der Waals surface area contributed by atoms with Gasteiger partial charge in [-0.15, -0.1) is 0 Å². The fourth-order valence-electron chi connectivity index (χ4n) is 1.92. The van der Waals surface area contributed by atoms with Crippen LogP contribution in [0.5, 0.6) is 0 Å². The van der Waals surface area contributed by atoms with Crippen LogP contribution < -0.4 is 4.90 Å². The summed E-state index contributed by atoms with van der Waals surface area (Å²) in [5, 5.41) is 0. The molecule has 16 heavy (non-hydrogen) atoms. The first-order valence-electron chi connectivity index (χ1n) is 5.61. The maximum Gasteiger partial charge on any atom is 0.150 e. The van der Waals surface area contributed by atoms with Gasteiger partial charge in [0.1, 0.15) is 12.1 Å². The van der Waals surface area contributed by atoms with Gasteiger partial charge in [-0.25, -0.2) is 4.39 Å². The van der Waals surface area contributed by atoms with Gasteiger partial charge in [-0.1, -0.05) is 13.8 Å². The highest BCUT2D eigenvalue weighted by Gasteiger charge is 2.12. The van der Waals surface area contributed by atoms with Crippen molar-refractivity contribution in [1.29, 1.82) is 0 Å².